The van der Waals surface area contributed by atoms with Gasteiger partial charge in [0, 0.05) is 25.7 Å². The van der Waals surface area contributed by atoms with Crippen molar-refractivity contribution in [2.24, 2.45) is 0 Å². The van der Waals surface area contributed by atoms with Gasteiger partial charge in [0.2, 0.25) is 0 Å². The first-order chi connectivity index (χ1) is 9.20. The van der Waals surface area contributed by atoms with Crippen LogP contribution in [0.5, 0.6) is 5.75 Å². The molecule has 0 radical (unpaired) electrons. The topological polar surface area (TPSA) is 33.7 Å². The maximum absolute atomic E-state index is 5.75. The van der Waals surface area contributed by atoms with Gasteiger partial charge in [-0.3, -0.25) is 4.90 Å². The lowest BCUT2D eigenvalue weighted by molar-refractivity contribution is 0.00392. The molecular weight excluding hydrogens is 240 g/mol. The fourth-order valence-electron chi connectivity index (χ4n) is 2.37. The Labute approximate surface area is 115 Å². The van der Waals surface area contributed by atoms with Crippen LogP contribution < -0.4 is 10.1 Å². The van der Waals surface area contributed by atoms with Crippen LogP contribution in [0.3, 0.4) is 0 Å². The van der Waals surface area contributed by atoms with Crippen molar-refractivity contribution >= 4 is 0 Å². The molecule has 0 amide bonds. The van der Waals surface area contributed by atoms with Crippen LogP contribution >= 0.6 is 0 Å². The molecule has 0 aliphatic carbocycles. The predicted molar refractivity (Wildman–Crippen MR) is 76.6 cm³/mol. The summed E-state index contributed by atoms with van der Waals surface area (Å²) in [4.78, 5) is 2.33. The number of hydrogen-bond acceptors (Lipinski definition) is 4. The molecule has 1 heterocycles. The van der Waals surface area contributed by atoms with Gasteiger partial charge < -0.3 is 14.8 Å². The van der Waals surface area contributed by atoms with E-state index in [0.717, 1.165) is 32.0 Å². The average molecular weight is 264 g/mol. The SMILES string of the molecule is COc1cccc(C(C)N(C)CC2CNCCO2)c1. The molecule has 1 aromatic carbocycles. The summed E-state index contributed by atoms with van der Waals surface area (Å²) >= 11 is 0. The predicted octanol–water partition coefficient (Wildman–Crippen LogP) is 1.68. The van der Waals surface area contributed by atoms with Crippen molar-refractivity contribution in [1.82, 2.24) is 10.2 Å². The number of methoxy groups -OCH3 is 1. The third-order valence-corrected chi connectivity index (χ3v) is 3.73. The summed E-state index contributed by atoms with van der Waals surface area (Å²) in [6, 6.07) is 8.60. The summed E-state index contributed by atoms with van der Waals surface area (Å²) in [5, 5.41) is 3.37. The Morgan fingerprint density at radius 1 is 1.53 bits per heavy atom. The molecule has 2 rings (SSSR count). The van der Waals surface area contributed by atoms with Crippen LogP contribution in [0.25, 0.3) is 0 Å². The number of nitrogens with one attached hydrogen (secondary N) is 1. The number of morpholine rings is 1. The second-order valence-corrected chi connectivity index (χ2v) is 5.09. The third-order valence-electron chi connectivity index (χ3n) is 3.73. The zero-order chi connectivity index (χ0) is 13.7. The summed E-state index contributed by atoms with van der Waals surface area (Å²) in [5.41, 5.74) is 1.27. The molecule has 1 aliphatic heterocycles. The standard InChI is InChI=1S/C15H24N2O2/c1-12(13-5-4-6-14(9-13)18-3)17(2)11-15-10-16-7-8-19-15/h4-6,9,12,15-16H,7-8,10-11H2,1-3H3. The van der Waals surface area contributed by atoms with E-state index in [-0.39, 0.29) is 6.10 Å². The van der Waals surface area contributed by atoms with Gasteiger partial charge in [0.25, 0.3) is 0 Å². The van der Waals surface area contributed by atoms with E-state index < -0.39 is 0 Å². The van der Waals surface area contributed by atoms with Crippen LogP contribution in [0.1, 0.15) is 18.5 Å². The van der Waals surface area contributed by atoms with E-state index in [0.29, 0.717) is 6.04 Å². The van der Waals surface area contributed by atoms with Gasteiger partial charge in [0.15, 0.2) is 0 Å². The Bertz CT molecular complexity index is 391. The van der Waals surface area contributed by atoms with Crippen LogP contribution in [0.2, 0.25) is 0 Å². The molecule has 2 unspecified atom stereocenters. The zero-order valence-electron chi connectivity index (χ0n) is 12.1. The highest BCUT2D eigenvalue weighted by atomic mass is 16.5. The molecule has 4 heteroatoms. The molecule has 0 saturated carbocycles. The summed E-state index contributed by atoms with van der Waals surface area (Å²) in [7, 11) is 3.84. The van der Waals surface area contributed by atoms with Crippen molar-refractivity contribution in [2.45, 2.75) is 19.1 Å². The maximum atomic E-state index is 5.75. The van der Waals surface area contributed by atoms with Crippen LogP contribution in [0.15, 0.2) is 24.3 Å². The van der Waals surface area contributed by atoms with Crippen molar-refractivity contribution in [2.75, 3.05) is 40.4 Å². The first-order valence-corrected chi connectivity index (χ1v) is 6.87. The van der Waals surface area contributed by atoms with Crippen LogP contribution in [0.4, 0.5) is 0 Å². The van der Waals surface area contributed by atoms with Crippen molar-refractivity contribution in [3.8, 4) is 5.75 Å². The van der Waals surface area contributed by atoms with Gasteiger partial charge in [-0.15, -0.1) is 0 Å². The van der Waals surface area contributed by atoms with Crippen LogP contribution in [-0.2, 0) is 4.74 Å². The second kappa shape index (κ2) is 6.89. The normalized spacial score (nSPS) is 21.4. The van der Waals surface area contributed by atoms with Crippen LogP contribution in [0, 0.1) is 0 Å². The highest BCUT2D eigenvalue weighted by Crippen LogP contribution is 2.23. The van der Waals surface area contributed by atoms with Gasteiger partial charge in [-0.25, -0.2) is 0 Å². The van der Waals surface area contributed by atoms with Crippen molar-refractivity contribution in [3.05, 3.63) is 29.8 Å². The summed E-state index contributed by atoms with van der Waals surface area (Å²) in [6.07, 6.45) is 0.284. The summed E-state index contributed by atoms with van der Waals surface area (Å²) in [6.45, 7) is 5.86. The van der Waals surface area contributed by atoms with E-state index in [2.05, 4.69) is 36.3 Å². The number of hydrogen-bond donors (Lipinski definition) is 1. The van der Waals surface area contributed by atoms with Gasteiger partial charge in [-0.1, -0.05) is 12.1 Å². The Kier molecular flexibility index (Phi) is 5.19. The van der Waals surface area contributed by atoms with Crippen molar-refractivity contribution in [3.63, 3.8) is 0 Å². The minimum absolute atomic E-state index is 0.284. The van der Waals surface area contributed by atoms with E-state index in [9.17, 15) is 0 Å². The Hall–Kier alpha value is -1.10. The summed E-state index contributed by atoms with van der Waals surface area (Å²) < 4.78 is 11.0. The lowest BCUT2D eigenvalue weighted by Crippen LogP contribution is -2.44. The lowest BCUT2D eigenvalue weighted by atomic mass is 10.1. The number of nitrogens with zero attached hydrogens (tertiary/aromatic N) is 1. The molecule has 4 nitrogen and oxygen atoms in total. The van der Waals surface area contributed by atoms with E-state index in [1.54, 1.807) is 7.11 Å². The molecule has 1 N–H and O–H groups in total. The van der Waals surface area contributed by atoms with E-state index in [4.69, 9.17) is 9.47 Å². The quantitative estimate of drug-likeness (QED) is 0.877. The number of benzene rings is 1. The summed E-state index contributed by atoms with van der Waals surface area (Å²) in [5.74, 6) is 0.910. The van der Waals surface area contributed by atoms with Gasteiger partial charge in [-0.05, 0) is 31.7 Å². The molecule has 2 atom stereocenters. The minimum Gasteiger partial charge on any atom is -0.497 e. The third kappa shape index (κ3) is 3.93. The molecule has 0 spiro atoms. The van der Waals surface area contributed by atoms with Crippen LogP contribution in [-0.4, -0.2) is 51.4 Å². The molecule has 106 valence electrons. The minimum atomic E-state index is 0.284. The molecule has 1 aromatic rings. The van der Waals surface area contributed by atoms with Gasteiger partial charge in [-0.2, -0.15) is 0 Å². The van der Waals surface area contributed by atoms with E-state index in [1.807, 2.05) is 12.1 Å². The fraction of sp³-hybridized carbons (Fsp3) is 0.600. The Morgan fingerprint density at radius 3 is 3.05 bits per heavy atom. The number of likely N-dealkylation sites (N-methyl/N-ethyl adjacent to an activating group) is 1. The fourth-order valence-corrected chi connectivity index (χ4v) is 2.37. The first-order valence-electron chi connectivity index (χ1n) is 6.87. The molecule has 19 heavy (non-hydrogen) atoms. The van der Waals surface area contributed by atoms with Gasteiger partial charge >= 0.3 is 0 Å². The highest BCUT2D eigenvalue weighted by Gasteiger charge is 2.19. The second-order valence-electron chi connectivity index (χ2n) is 5.09. The number of rotatable bonds is 5. The largest absolute Gasteiger partial charge is 0.497 e. The van der Waals surface area contributed by atoms with Crippen molar-refractivity contribution < 1.29 is 9.47 Å². The molecule has 0 aromatic heterocycles. The van der Waals surface area contributed by atoms with Crippen molar-refractivity contribution in [1.29, 1.82) is 0 Å². The zero-order valence-corrected chi connectivity index (χ0v) is 12.1. The highest BCUT2D eigenvalue weighted by molar-refractivity contribution is 5.30. The van der Waals surface area contributed by atoms with E-state index >= 15 is 0 Å². The molecule has 1 saturated heterocycles. The Balaban J connectivity index is 1.95. The molecule has 0 bridgehead atoms. The monoisotopic (exact) mass is 264 g/mol. The smallest absolute Gasteiger partial charge is 0.119 e. The molecular formula is C15H24N2O2. The molecule has 1 aliphatic rings. The Morgan fingerprint density at radius 2 is 2.37 bits per heavy atom. The molecule has 1 fully saturated rings. The maximum Gasteiger partial charge on any atom is 0.119 e. The lowest BCUT2D eigenvalue weighted by Gasteiger charge is -2.31. The van der Waals surface area contributed by atoms with Gasteiger partial charge in [0.1, 0.15) is 5.75 Å². The van der Waals surface area contributed by atoms with Gasteiger partial charge in [0.05, 0.1) is 19.8 Å². The average Bonchev–Trinajstić information content (AvgIpc) is 2.47. The van der Waals surface area contributed by atoms with E-state index in [1.165, 1.54) is 5.56 Å². The first kappa shape index (κ1) is 14.3. The number of ether oxygens (including phenoxy) is 2.